The first-order valence-electron chi connectivity index (χ1n) is 10.2. The van der Waals surface area contributed by atoms with Gasteiger partial charge in [0, 0.05) is 18.7 Å². The first kappa shape index (κ1) is 21.9. The van der Waals surface area contributed by atoms with Crippen molar-refractivity contribution in [2.24, 2.45) is 5.92 Å². The van der Waals surface area contributed by atoms with Crippen molar-refractivity contribution in [1.29, 1.82) is 0 Å². The smallest absolute Gasteiger partial charge is 0.241 e. The van der Waals surface area contributed by atoms with E-state index in [9.17, 15) is 9.50 Å². The average Bonchev–Trinajstić information content (AvgIpc) is 3.17. The number of hydrogen-bond donors (Lipinski definition) is 1. The molecule has 160 valence electrons. The van der Waals surface area contributed by atoms with Crippen molar-refractivity contribution in [2.75, 3.05) is 19.7 Å². The Balaban J connectivity index is 1.68. The van der Waals surface area contributed by atoms with Crippen molar-refractivity contribution < 1.29 is 18.8 Å². The predicted molar refractivity (Wildman–Crippen MR) is 112 cm³/mol. The van der Waals surface area contributed by atoms with E-state index in [0.29, 0.717) is 42.9 Å². The fourth-order valence-corrected chi connectivity index (χ4v) is 3.25. The summed E-state index contributed by atoms with van der Waals surface area (Å²) >= 11 is 0. The number of aliphatic hydroxyl groups excluding tert-OH is 1. The number of aliphatic hydroxyl groups is 1. The van der Waals surface area contributed by atoms with Crippen LogP contribution in [0.1, 0.15) is 38.3 Å². The van der Waals surface area contributed by atoms with Gasteiger partial charge in [-0.15, -0.1) is 0 Å². The van der Waals surface area contributed by atoms with Gasteiger partial charge in [0.2, 0.25) is 11.7 Å². The van der Waals surface area contributed by atoms with Gasteiger partial charge in [-0.1, -0.05) is 31.1 Å². The van der Waals surface area contributed by atoms with Gasteiger partial charge in [-0.05, 0) is 54.8 Å². The number of ether oxygens (including phenoxy) is 1. The number of aromatic nitrogens is 2. The second kappa shape index (κ2) is 10.3. The normalized spacial score (nSPS) is 12.5. The fraction of sp³-hybridized carbons (Fsp3) is 0.391. The van der Waals surface area contributed by atoms with Gasteiger partial charge in [0.1, 0.15) is 11.6 Å². The molecule has 1 aromatic heterocycles. The van der Waals surface area contributed by atoms with E-state index in [1.165, 1.54) is 12.1 Å². The van der Waals surface area contributed by atoms with Crippen molar-refractivity contribution in [1.82, 2.24) is 15.0 Å². The molecule has 0 fully saturated rings. The summed E-state index contributed by atoms with van der Waals surface area (Å²) < 4.78 is 24.1. The lowest BCUT2D eigenvalue weighted by Gasteiger charge is -2.25. The van der Waals surface area contributed by atoms with Crippen LogP contribution in [-0.2, 0) is 6.54 Å². The van der Waals surface area contributed by atoms with E-state index in [1.54, 1.807) is 12.1 Å². The third-order valence-electron chi connectivity index (χ3n) is 4.56. The minimum atomic E-state index is -0.738. The van der Waals surface area contributed by atoms with Crippen molar-refractivity contribution in [3.63, 3.8) is 0 Å². The molecule has 7 heteroatoms. The zero-order valence-electron chi connectivity index (χ0n) is 17.6. The lowest BCUT2D eigenvalue weighted by atomic mass is 10.1. The molecule has 0 aliphatic heterocycles. The highest BCUT2D eigenvalue weighted by molar-refractivity contribution is 5.55. The monoisotopic (exact) mass is 413 g/mol. The van der Waals surface area contributed by atoms with Crippen LogP contribution < -0.4 is 4.74 Å². The molecule has 0 saturated heterocycles. The molecule has 0 spiro atoms. The van der Waals surface area contributed by atoms with Crippen molar-refractivity contribution >= 4 is 0 Å². The van der Waals surface area contributed by atoms with Crippen LogP contribution in [0.3, 0.4) is 0 Å². The molecule has 6 nitrogen and oxygen atoms in total. The third-order valence-corrected chi connectivity index (χ3v) is 4.56. The molecule has 2 aromatic carbocycles. The topological polar surface area (TPSA) is 71.6 Å². The Bertz CT molecular complexity index is 910. The van der Waals surface area contributed by atoms with Crippen LogP contribution in [0.2, 0.25) is 0 Å². The second-order valence-corrected chi connectivity index (χ2v) is 7.62. The Kier molecular flexibility index (Phi) is 7.54. The zero-order chi connectivity index (χ0) is 21.5. The molecule has 0 amide bonds. The van der Waals surface area contributed by atoms with E-state index in [-0.39, 0.29) is 5.82 Å². The molecule has 1 atom stereocenters. The van der Waals surface area contributed by atoms with E-state index in [4.69, 9.17) is 9.26 Å². The molecule has 0 saturated carbocycles. The van der Waals surface area contributed by atoms with Gasteiger partial charge < -0.3 is 14.4 Å². The Morgan fingerprint density at radius 3 is 2.40 bits per heavy atom. The average molecular weight is 413 g/mol. The molecule has 1 unspecified atom stereocenters. The molecule has 0 aliphatic rings. The quantitative estimate of drug-likeness (QED) is 0.529. The first-order valence-corrected chi connectivity index (χ1v) is 10.2. The summed E-state index contributed by atoms with van der Waals surface area (Å²) in [6, 6.07) is 13.4. The van der Waals surface area contributed by atoms with Crippen LogP contribution in [0.4, 0.5) is 4.39 Å². The number of hydrogen-bond acceptors (Lipinski definition) is 6. The number of benzene rings is 2. The van der Waals surface area contributed by atoms with Crippen LogP contribution in [0, 0.1) is 11.7 Å². The number of halogens is 1. The van der Waals surface area contributed by atoms with Crippen LogP contribution in [0.15, 0.2) is 53.1 Å². The molecule has 3 rings (SSSR count). The molecule has 0 aliphatic carbocycles. The summed E-state index contributed by atoms with van der Waals surface area (Å²) in [7, 11) is 0. The van der Waals surface area contributed by atoms with E-state index >= 15 is 0 Å². The third kappa shape index (κ3) is 6.11. The Morgan fingerprint density at radius 1 is 1.07 bits per heavy atom. The molecule has 1 N–H and O–H groups in total. The van der Waals surface area contributed by atoms with Gasteiger partial charge in [0.15, 0.2) is 0 Å². The van der Waals surface area contributed by atoms with Crippen LogP contribution >= 0.6 is 0 Å². The van der Waals surface area contributed by atoms with Crippen molar-refractivity contribution in [3.05, 3.63) is 65.8 Å². The van der Waals surface area contributed by atoms with Gasteiger partial charge in [-0.25, -0.2) is 4.39 Å². The van der Waals surface area contributed by atoms with E-state index in [0.717, 1.165) is 17.9 Å². The number of rotatable bonds is 10. The maximum Gasteiger partial charge on any atom is 0.241 e. The maximum absolute atomic E-state index is 13.1. The Morgan fingerprint density at radius 2 is 1.77 bits per heavy atom. The minimum Gasteiger partial charge on any atom is -0.494 e. The van der Waals surface area contributed by atoms with Gasteiger partial charge in [-0.2, -0.15) is 4.98 Å². The largest absolute Gasteiger partial charge is 0.494 e. The first-order chi connectivity index (χ1) is 14.4. The summed E-state index contributed by atoms with van der Waals surface area (Å²) in [5.41, 5.74) is 1.51. The van der Waals surface area contributed by atoms with Crippen molar-refractivity contribution in [3.8, 4) is 17.1 Å². The fourth-order valence-electron chi connectivity index (χ4n) is 3.25. The summed E-state index contributed by atoms with van der Waals surface area (Å²) in [6.07, 6.45) is -0.738. The predicted octanol–water partition coefficient (Wildman–Crippen LogP) is 4.47. The summed E-state index contributed by atoms with van der Waals surface area (Å²) in [5.74, 6) is 1.85. The molecular formula is C23H28FN3O3. The molecule has 3 aromatic rings. The molecule has 30 heavy (non-hydrogen) atoms. The standard InChI is InChI=1S/C23H28FN3O3/c1-4-29-20-11-7-18(8-12-20)23-25-22(30-26-23)15-27(13-16(2)3)14-21(28)17-5-9-19(24)10-6-17/h5-12,16,21,28H,4,13-15H2,1-3H3. The second-order valence-electron chi connectivity index (χ2n) is 7.62. The summed E-state index contributed by atoms with van der Waals surface area (Å²) in [4.78, 5) is 6.57. The van der Waals surface area contributed by atoms with Gasteiger partial charge in [0.25, 0.3) is 0 Å². The van der Waals surface area contributed by atoms with Crippen molar-refractivity contribution in [2.45, 2.75) is 33.4 Å². The molecule has 1 heterocycles. The molecular weight excluding hydrogens is 385 g/mol. The highest BCUT2D eigenvalue weighted by atomic mass is 19.1. The van der Waals surface area contributed by atoms with E-state index in [1.807, 2.05) is 31.2 Å². The van der Waals surface area contributed by atoms with E-state index in [2.05, 4.69) is 28.9 Å². The SMILES string of the molecule is CCOc1ccc(-c2noc(CN(CC(C)C)CC(O)c3ccc(F)cc3)n2)cc1. The highest BCUT2D eigenvalue weighted by Crippen LogP contribution is 2.21. The van der Waals surface area contributed by atoms with Gasteiger partial charge in [-0.3, -0.25) is 4.90 Å². The summed E-state index contributed by atoms with van der Waals surface area (Å²) in [5, 5.41) is 14.7. The summed E-state index contributed by atoms with van der Waals surface area (Å²) in [6.45, 7) is 8.31. The minimum absolute atomic E-state index is 0.322. The van der Waals surface area contributed by atoms with E-state index < -0.39 is 6.10 Å². The molecule has 0 bridgehead atoms. The lowest BCUT2D eigenvalue weighted by molar-refractivity contribution is 0.0946. The highest BCUT2D eigenvalue weighted by Gasteiger charge is 2.18. The molecule has 0 radical (unpaired) electrons. The zero-order valence-corrected chi connectivity index (χ0v) is 17.6. The van der Waals surface area contributed by atoms with Crippen LogP contribution in [0.5, 0.6) is 5.75 Å². The Hall–Kier alpha value is -2.77. The van der Waals surface area contributed by atoms with Crippen LogP contribution in [0.25, 0.3) is 11.4 Å². The van der Waals surface area contributed by atoms with Gasteiger partial charge in [0.05, 0.1) is 19.3 Å². The Labute approximate surface area is 176 Å². The number of nitrogens with zero attached hydrogens (tertiary/aromatic N) is 3. The lowest BCUT2D eigenvalue weighted by Crippen LogP contribution is -2.31. The van der Waals surface area contributed by atoms with Crippen LogP contribution in [-0.4, -0.2) is 39.8 Å². The van der Waals surface area contributed by atoms with Gasteiger partial charge >= 0.3 is 0 Å². The maximum atomic E-state index is 13.1.